The summed E-state index contributed by atoms with van der Waals surface area (Å²) in [6.07, 6.45) is 0. The highest BCUT2D eigenvalue weighted by molar-refractivity contribution is 6.10. The lowest BCUT2D eigenvalue weighted by Crippen LogP contribution is -2.16. The molecular formula is C51H38N2. The SMILES string of the molecule is [2H]c1c([2H])c([2H])c(-c2c([2H])c([2H])c([2H])c(N(c3c([2H])c([2H])c([2H])c(-c4c([2H])c([2H])c5c(c4[2H])c4c([2H])c([2H])c([2H])c([2H])c4n5-c4c([2H])c([2H])c([2H])c([2H])c4[2H])c3[2H])c3c([2H])c([2H])c4c(c3[2H])C(C([2H])([2H])[2H])(C([2H])([2H])[2H])c3c([2H])c([2H])c([2H])c([2H])c3-4)c2[2H])c([2H])c1[2H]. The molecule has 1 aliphatic rings. The molecule has 0 atom stereocenters. The van der Waals surface area contributed by atoms with Crippen molar-refractivity contribution in [1.82, 2.24) is 4.57 Å². The van der Waals surface area contributed by atoms with E-state index in [-0.39, 0.29) is 4.90 Å². The van der Waals surface area contributed by atoms with E-state index in [2.05, 4.69) is 0 Å². The van der Waals surface area contributed by atoms with Gasteiger partial charge in [0.25, 0.3) is 0 Å². The van der Waals surface area contributed by atoms with Gasteiger partial charge in [0.2, 0.25) is 0 Å². The van der Waals surface area contributed by atoms with Crippen molar-refractivity contribution in [3.63, 3.8) is 0 Å². The fourth-order valence-corrected chi connectivity index (χ4v) is 5.95. The van der Waals surface area contributed by atoms with Crippen molar-refractivity contribution in [3.05, 3.63) is 204 Å². The van der Waals surface area contributed by atoms with Gasteiger partial charge in [0.15, 0.2) is 0 Å². The lowest BCUT2D eigenvalue weighted by Gasteiger charge is -2.29. The quantitative estimate of drug-likeness (QED) is 0.166. The van der Waals surface area contributed by atoms with Crippen LogP contribution in [0.4, 0.5) is 17.1 Å². The monoisotopic (exact) mass is 717 g/mol. The molecule has 0 radical (unpaired) electrons. The summed E-state index contributed by atoms with van der Waals surface area (Å²) >= 11 is 0. The smallest absolute Gasteiger partial charge is 0.0651 e. The number of hydrogen-bond donors (Lipinski definition) is 0. The highest BCUT2D eigenvalue weighted by Crippen LogP contribution is 2.51. The zero-order chi connectivity index (χ0) is 68.4. The number of rotatable bonds is 6. The van der Waals surface area contributed by atoms with Crippen LogP contribution in [0.1, 0.15) is 76.9 Å². The van der Waals surface area contributed by atoms with Crippen LogP contribution >= 0.6 is 0 Å². The Morgan fingerprint density at radius 3 is 1.79 bits per heavy atom. The van der Waals surface area contributed by atoms with Gasteiger partial charge >= 0.3 is 0 Å². The van der Waals surface area contributed by atoms with Gasteiger partial charge in [-0.2, -0.15) is 0 Å². The third-order valence-electron chi connectivity index (χ3n) is 8.25. The number of aromatic nitrogens is 1. The second-order valence-electron chi connectivity index (χ2n) is 11.3. The van der Waals surface area contributed by atoms with Gasteiger partial charge in [0, 0.05) is 47.2 Å². The van der Waals surface area contributed by atoms with E-state index in [0.717, 1.165) is 0 Å². The van der Waals surface area contributed by atoms with Crippen LogP contribution in [0.2, 0.25) is 0 Å². The Labute approximate surface area is 364 Å². The van der Waals surface area contributed by atoms with Crippen molar-refractivity contribution in [2.45, 2.75) is 19.1 Å². The first-order valence-electron chi connectivity index (χ1n) is 34.3. The van der Waals surface area contributed by atoms with Gasteiger partial charge in [-0.3, -0.25) is 0 Å². The zero-order valence-corrected chi connectivity index (χ0v) is 26.4. The van der Waals surface area contributed by atoms with Gasteiger partial charge in [-0.05, 0) is 111 Å². The van der Waals surface area contributed by atoms with Gasteiger partial charge in [-0.15, -0.1) is 0 Å². The van der Waals surface area contributed by atoms with Crippen LogP contribution in [0.15, 0.2) is 193 Å². The molecule has 2 heteroatoms. The minimum absolute atomic E-state index is 0.0888. The Bertz CT molecular complexity index is 4810. The van der Waals surface area contributed by atoms with Gasteiger partial charge in [-0.25, -0.2) is 0 Å². The summed E-state index contributed by atoms with van der Waals surface area (Å²) in [5, 5.41) is -1.54. The normalized spacial score (nSPS) is 23.5. The lowest BCUT2D eigenvalue weighted by atomic mass is 9.82. The molecule has 0 unspecified atom stereocenters. The van der Waals surface area contributed by atoms with E-state index < -0.39 is 302 Å². The summed E-state index contributed by atoms with van der Waals surface area (Å²) in [6, 6.07) is -38.8. The van der Waals surface area contributed by atoms with Crippen LogP contribution in [-0.2, 0) is 5.41 Å². The molecule has 1 aliphatic carbocycles. The lowest BCUT2D eigenvalue weighted by molar-refractivity contribution is 0.660. The van der Waals surface area contributed by atoms with Crippen molar-refractivity contribution in [1.29, 1.82) is 0 Å². The van der Waals surface area contributed by atoms with E-state index in [1.165, 1.54) is 0 Å². The molecule has 53 heavy (non-hydrogen) atoms. The maximum atomic E-state index is 10.2. The van der Waals surface area contributed by atoms with Crippen molar-refractivity contribution in [2.24, 2.45) is 0 Å². The minimum atomic E-state index is -4.10. The van der Waals surface area contributed by atoms with Crippen LogP contribution < -0.4 is 4.90 Å². The number of hydrogen-bond acceptors (Lipinski definition) is 1. The predicted molar refractivity (Wildman–Crippen MR) is 224 cm³/mol. The van der Waals surface area contributed by atoms with E-state index in [1.807, 2.05) is 0 Å². The maximum Gasteiger partial charge on any atom is 0.0651 e. The second kappa shape index (κ2) is 12.3. The second-order valence-corrected chi connectivity index (χ2v) is 11.3. The maximum absolute atomic E-state index is 10.2. The summed E-state index contributed by atoms with van der Waals surface area (Å²) < 4.78 is 346. The summed E-state index contributed by atoms with van der Waals surface area (Å²) in [5.74, 6) is 0. The molecule has 9 aromatic rings. The van der Waals surface area contributed by atoms with Crippen molar-refractivity contribution < 1.29 is 52.1 Å². The molecular weight excluding hydrogens is 641 g/mol. The van der Waals surface area contributed by atoms with Crippen LogP contribution in [0.3, 0.4) is 0 Å². The van der Waals surface area contributed by atoms with E-state index in [0.29, 0.717) is 4.57 Å². The van der Waals surface area contributed by atoms with Crippen LogP contribution in [0.25, 0.3) is 60.9 Å². The van der Waals surface area contributed by atoms with Crippen molar-refractivity contribution >= 4 is 38.9 Å². The Hall–Kier alpha value is -6.64. The highest BCUT2D eigenvalue weighted by atomic mass is 15.1. The molecule has 0 amide bonds. The molecule has 10 rings (SSSR count). The minimum Gasteiger partial charge on any atom is -0.310 e. The van der Waals surface area contributed by atoms with Crippen LogP contribution in [0, 0.1) is 0 Å². The van der Waals surface area contributed by atoms with Crippen LogP contribution in [-0.4, -0.2) is 4.57 Å². The number of nitrogens with zero attached hydrogens (tertiary/aromatic N) is 2. The molecule has 252 valence electrons. The Morgan fingerprint density at radius 2 is 1.02 bits per heavy atom. The van der Waals surface area contributed by atoms with Crippen molar-refractivity contribution in [3.8, 4) is 39.1 Å². The van der Waals surface area contributed by atoms with E-state index in [9.17, 15) is 17.8 Å². The summed E-state index contributed by atoms with van der Waals surface area (Å²) in [5.41, 5.74) is -20.0. The first kappa shape index (κ1) is 10.9. The topological polar surface area (TPSA) is 8.17 Å². The van der Waals surface area contributed by atoms with Crippen LogP contribution in [0.5, 0.6) is 0 Å². The molecule has 0 spiro atoms. The predicted octanol–water partition coefficient (Wildman–Crippen LogP) is 13.9. The van der Waals surface area contributed by atoms with E-state index >= 15 is 0 Å². The Morgan fingerprint density at radius 1 is 0.434 bits per heavy atom. The Kier molecular flexibility index (Phi) is 2.53. The number of fused-ring (bicyclic) bond motifs is 6. The molecule has 1 heterocycles. The Balaban J connectivity index is 1.48. The molecule has 0 saturated carbocycles. The highest BCUT2D eigenvalue weighted by Gasteiger charge is 2.35. The molecule has 0 saturated heterocycles. The molecule has 0 N–H and O–H groups in total. The first-order valence-corrected chi connectivity index (χ1v) is 15.3. The molecule has 1 aromatic heterocycles. The standard InChI is InChI=1S/C51H38N2/c1-51(2)47-25-11-9-23-43(47)44-29-28-42(34-48(44)51)52(40-21-13-17-36(31-40)35-15-5-3-6-16-35)41-22-14-18-37(32-41)38-27-30-50-46(33-38)45-24-10-12-26-49(45)53(50)39-19-7-4-8-20-39/h3-34H,1-2H3/i1D3,2D3,3D,4D,5D,6D,7D,8D,9D,10D,11D,12D,13D,14D,15D,16D,17D,18D,19D,20D,21D,22D,23D,24D,25D,26D,27D,28D,29D,30D,31D,32D,33D,34D. The third-order valence-corrected chi connectivity index (χ3v) is 8.25. The summed E-state index contributed by atoms with van der Waals surface area (Å²) in [6.45, 7) is -8.21. The average Bonchev–Trinajstić information content (AvgIpc) is 1.53. The molecule has 2 nitrogen and oxygen atoms in total. The van der Waals surface area contributed by atoms with Gasteiger partial charge in [0.1, 0.15) is 0 Å². The van der Waals surface area contributed by atoms with Gasteiger partial charge in [-0.1, -0.05) is 141 Å². The fraction of sp³-hybridized carbons (Fsp3) is 0.0588. The number of anilines is 3. The third kappa shape index (κ3) is 5.10. The van der Waals surface area contributed by atoms with E-state index in [1.54, 1.807) is 0 Å². The number of para-hydroxylation sites is 2. The first-order chi connectivity index (χ1) is 41.9. The van der Waals surface area contributed by atoms with Crippen molar-refractivity contribution in [2.75, 3.05) is 4.90 Å². The largest absolute Gasteiger partial charge is 0.310 e. The molecule has 8 aromatic carbocycles. The molecule has 0 bridgehead atoms. The molecule has 0 fully saturated rings. The van der Waals surface area contributed by atoms with Gasteiger partial charge < -0.3 is 9.47 Å². The summed E-state index contributed by atoms with van der Waals surface area (Å²) in [7, 11) is 0. The number of benzene rings is 8. The van der Waals surface area contributed by atoms with Gasteiger partial charge in [0.05, 0.1) is 54.9 Å². The van der Waals surface area contributed by atoms with E-state index in [4.69, 9.17) is 34.3 Å². The summed E-state index contributed by atoms with van der Waals surface area (Å²) in [4.78, 5) is 0.0888. The average molecular weight is 717 g/mol. The molecule has 0 aliphatic heterocycles. The zero-order valence-electron chi connectivity index (χ0n) is 64.4. The fourth-order valence-electron chi connectivity index (χ4n) is 5.95.